The first-order chi connectivity index (χ1) is 12.4. The van der Waals surface area contributed by atoms with Crippen LogP contribution in [-0.2, 0) is 6.54 Å². The second-order valence-electron chi connectivity index (χ2n) is 7.76. The fraction of sp³-hybridized carbons (Fsp3) is 0.333. The second kappa shape index (κ2) is 7.79. The van der Waals surface area contributed by atoms with E-state index in [-0.39, 0.29) is 17.3 Å². The van der Waals surface area contributed by atoms with Crippen LogP contribution in [0, 0.1) is 11.2 Å². The topological polar surface area (TPSA) is 53.6 Å². The number of aromatic nitrogens is 3. The first kappa shape index (κ1) is 18.3. The van der Waals surface area contributed by atoms with Crippen molar-refractivity contribution in [2.24, 2.45) is 5.41 Å². The Hall–Kier alpha value is -2.53. The molecule has 2 N–H and O–H groups in total. The van der Waals surface area contributed by atoms with Gasteiger partial charge in [-0.2, -0.15) is 5.10 Å². The van der Waals surface area contributed by atoms with Crippen molar-refractivity contribution in [3.8, 4) is 11.3 Å². The minimum Gasteiger partial charge on any atom is -0.306 e. The van der Waals surface area contributed by atoms with Crippen LogP contribution in [0.25, 0.3) is 11.3 Å². The van der Waals surface area contributed by atoms with Gasteiger partial charge in [0.15, 0.2) is 0 Å². The molecule has 0 aliphatic carbocycles. The Labute approximate surface area is 153 Å². The van der Waals surface area contributed by atoms with E-state index in [9.17, 15) is 4.39 Å². The van der Waals surface area contributed by atoms with Crippen LogP contribution in [0.15, 0.2) is 55.0 Å². The van der Waals surface area contributed by atoms with Gasteiger partial charge in [0.05, 0.1) is 11.9 Å². The van der Waals surface area contributed by atoms with Crippen LogP contribution in [0.4, 0.5) is 4.39 Å². The summed E-state index contributed by atoms with van der Waals surface area (Å²) in [5.74, 6) is -0.241. The lowest BCUT2D eigenvalue weighted by Crippen LogP contribution is -2.25. The molecule has 136 valence electrons. The molecule has 0 unspecified atom stereocenters. The predicted molar refractivity (Wildman–Crippen MR) is 102 cm³/mol. The molecule has 5 heteroatoms. The van der Waals surface area contributed by atoms with E-state index in [1.165, 1.54) is 17.7 Å². The predicted octanol–water partition coefficient (Wildman–Crippen LogP) is 4.88. The monoisotopic (exact) mass is 352 g/mol. The molecule has 2 heterocycles. The molecule has 0 amide bonds. The van der Waals surface area contributed by atoms with Crippen LogP contribution in [0.5, 0.6) is 0 Å². The molecule has 3 rings (SSSR count). The lowest BCUT2D eigenvalue weighted by molar-refractivity contribution is 0.310. The highest BCUT2D eigenvalue weighted by atomic mass is 19.1. The average molecular weight is 352 g/mol. The van der Waals surface area contributed by atoms with Gasteiger partial charge in [-0.3, -0.25) is 10.1 Å². The Morgan fingerprint density at radius 2 is 1.88 bits per heavy atom. The van der Waals surface area contributed by atoms with Crippen molar-refractivity contribution in [2.45, 2.75) is 39.8 Å². The summed E-state index contributed by atoms with van der Waals surface area (Å²) < 4.78 is 13.2. The highest BCUT2D eigenvalue weighted by Crippen LogP contribution is 2.30. The highest BCUT2D eigenvalue weighted by molar-refractivity contribution is 5.62. The third kappa shape index (κ3) is 4.76. The maximum absolute atomic E-state index is 13.2. The summed E-state index contributed by atoms with van der Waals surface area (Å²) >= 11 is 0. The first-order valence-electron chi connectivity index (χ1n) is 8.84. The Morgan fingerprint density at radius 3 is 2.54 bits per heavy atom. The largest absolute Gasteiger partial charge is 0.306 e. The maximum Gasteiger partial charge on any atom is 0.123 e. The Morgan fingerprint density at radius 1 is 1.12 bits per heavy atom. The number of hydrogen-bond acceptors (Lipinski definition) is 3. The molecule has 0 saturated heterocycles. The summed E-state index contributed by atoms with van der Waals surface area (Å²) in [6.07, 6.45) is 6.52. The van der Waals surface area contributed by atoms with Gasteiger partial charge >= 0.3 is 0 Å². The SMILES string of the molecule is CC(C)(C)C[C@@H](NCc1cn[nH]c1-c1ccc(F)cc1)c1cccnc1. The van der Waals surface area contributed by atoms with Crippen molar-refractivity contribution in [1.29, 1.82) is 0 Å². The van der Waals surface area contributed by atoms with Gasteiger partial charge in [0, 0.05) is 36.1 Å². The van der Waals surface area contributed by atoms with Gasteiger partial charge in [-0.25, -0.2) is 4.39 Å². The minimum absolute atomic E-state index is 0.184. The zero-order valence-corrected chi connectivity index (χ0v) is 15.5. The van der Waals surface area contributed by atoms with E-state index in [2.05, 4.69) is 47.3 Å². The molecule has 0 radical (unpaired) electrons. The van der Waals surface area contributed by atoms with Crippen molar-refractivity contribution in [3.63, 3.8) is 0 Å². The first-order valence-corrected chi connectivity index (χ1v) is 8.84. The molecule has 0 spiro atoms. The minimum atomic E-state index is -0.241. The van der Waals surface area contributed by atoms with Gasteiger partial charge in [0.2, 0.25) is 0 Å². The van der Waals surface area contributed by atoms with Crippen LogP contribution in [0.1, 0.15) is 44.4 Å². The van der Waals surface area contributed by atoms with Crippen molar-refractivity contribution in [2.75, 3.05) is 0 Å². The van der Waals surface area contributed by atoms with Crippen LogP contribution < -0.4 is 5.32 Å². The lowest BCUT2D eigenvalue weighted by atomic mass is 9.85. The summed E-state index contributed by atoms with van der Waals surface area (Å²) in [4.78, 5) is 4.26. The molecule has 26 heavy (non-hydrogen) atoms. The number of benzene rings is 1. The van der Waals surface area contributed by atoms with Crippen molar-refractivity contribution in [1.82, 2.24) is 20.5 Å². The van der Waals surface area contributed by atoms with Crippen molar-refractivity contribution in [3.05, 3.63) is 71.9 Å². The Balaban J connectivity index is 1.78. The fourth-order valence-corrected chi connectivity index (χ4v) is 3.05. The zero-order valence-electron chi connectivity index (χ0n) is 15.5. The van der Waals surface area contributed by atoms with E-state index in [1.54, 1.807) is 18.3 Å². The normalized spacial score (nSPS) is 12.9. The lowest BCUT2D eigenvalue weighted by Gasteiger charge is -2.27. The van der Waals surface area contributed by atoms with E-state index in [0.717, 1.165) is 23.2 Å². The molecule has 1 aromatic carbocycles. The zero-order chi connectivity index (χ0) is 18.6. The van der Waals surface area contributed by atoms with E-state index in [4.69, 9.17) is 0 Å². The Kier molecular flexibility index (Phi) is 5.47. The molecule has 0 bridgehead atoms. The molecule has 4 nitrogen and oxygen atoms in total. The number of aromatic amines is 1. The fourth-order valence-electron chi connectivity index (χ4n) is 3.05. The van der Waals surface area contributed by atoms with E-state index in [1.807, 2.05) is 18.5 Å². The van der Waals surface area contributed by atoms with Crippen molar-refractivity contribution >= 4 is 0 Å². The number of nitrogens with one attached hydrogen (secondary N) is 2. The number of halogens is 1. The second-order valence-corrected chi connectivity index (χ2v) is 7.76. The number of nitrogens with zero attached hydrogens (tertiary/aromatic N) is 2. The summed E-state index contributed by atoms with van der Waals surface area (Å²) in [5.41, 5.74) is 4.25. The smallest absolute Gasteiger partial charge is 0.123 e. The van der Waals surface area contributed by atoms with Crippen LogP contribution in [0.3, 0.4) is 0 Å². The summed E-state index contributed by atoms with van der Waals surface area (Å²) in [5, 5.41) is 10.8. The Bertz CT molecular complexity index is 819. The van der Waals surface area contributed by atoms with Gasteiger partial charge in [-0.1, -0.05) is 26.8 Å². The van der Waals surface area contributed by atoms with Gasteiger partial charge in [0.25, 0.3) is 0 Å². The van der Waals surface area contributed by atoms with E-state index >= 15 is 0 Å². The van der Waals surface area contributed by atoms with Gasteiger partial charge < -0.3 is 5.32 Å². The molecule has 3 aromatic rings. The molecule has 0 aliphatic rings. The molecule has 0 saturated carbocycles. The summed E-state index contributed by atoms with van der Waals surface area (Å²) in [7, 11) is 0. The molecule has 0 aliphatic heterocycles. The summed E-state index contributed by atoms with van der Waals surface area (Å²) in [6, 6.07) is 10.7. The third-order valence-corrected chi connectivity index (χ3v) is 4.29. The number of hydrogen-bond donors (Lipinski definition) is 2. The molecule has 1 atom stereocenters. The standard InChI is InChI=1S/C21H25FN4/c1-21(2,3)11-19(16-5-4-10-23-12-16)24-13-17-14-25-26-20(17)15-6-8-18(22)9-7-15/h4-10,12,14,19,24H,11,13H2,1-3H3,(H,25,26)/t19-/m1/s1. The molecule has 0 fully saturated rings. The van der Waals surface area contributed by atoms with E-state index in [0.29, 0.717) is 6.54 Å². The van der Waals surface area contributed by atoms with Gasteiger partial charge in [-0.05, 0) is 47.7 Å². The molecular weight excluding hydrogens is 327 g/mol. The third-order valence-electron chi connectivity index (χ3n) is 4.29. The van der Waals surface area contributed by atoms with Crippen molar-refractivity contribution < 1.29 is 4.39 Å². The number of pyridine rings is 1. The number of rotatable bonds is 6. The summed E-state index contributed by atoms with van der Waals surface area (Å²) in [6.45, 7) is 7.37. The number of H-pyrrole nitrogens is 1. The van der Waals surface area contributed by atoms with Crippen LogP contribution >= 0.6 is 0 Å². The van der Waals surface area contributed by atoms with Gasteiger partial charge in [-0.15, -0.1) is 0 Å². The van der Waals surface area contributed by atoms with E-state index < -0.39 is 0 Å². The molecular formula is C21H25FN4. The van der Waals surface area contributed by atoms with Gasteiger partial charge in [0.1, 0.15) is 5.82 Å². The van der Waals surface area contributed by atoms with Crippen LogP contribution in [0.2, 0.25) is 0 Å². The highest BCUT2D eigenvalue weighted by Gasteiger charge is 2.21. The van der Waals surface area contributed by atoms with Crippen LogP contribution in [-0.4, -0.2) is 15.2 Å². The maximum atomic E-state index is 13.2. The molecule has 2 aromatic heterocycles. The average Bonchev–Trinajstić information content (AvgIpc) is 3.07. The quantitative estimate of drug-likeness (QED) is 0.665.